The van der Waals surface area contributed by atoms with E-state index in [0.717, 1.165) is 52.3 Å². The van der Waals surface area contributed by atoms with Crippen molar-refractivity contribution in [2.24, 2.45) is 5.92 Å². The third-order valence-corrected chi connectivity index (χ3v) is 8.92. The number of likely N-dealkylation sites (N-methyl/N-ethyl adjacent to an activating group) is 1. The largest absolute Gasteiger partial charge is 0.493 e. The van der Waals surface area contributed by atoms with E-state index < -0.39 is 0 Å². The van der Waals surface area contributed by atoms with Crippen LogP contribution >= 0.6 is 11.8 Å². The molecule has 2 aromatic carbocycles. The Bertz CT molecular complexity index is 1450. The van der Waals surface area contributed by atoms with Gasteiger partial charge in [-0.2, -0.15) is 0 Å². The Labute approximate surface area is 271 Å². The zero-order valence-electron chi connectivity index (χ0n) is 27.6. The van der Waals surface area contributed by atoms with Crippen molar-refractivity contribution in [1.29, 1.82) is 0 Å². The maximum absolute atomic E-state index is 13.1. The maximum Gasteiger partial charge on any atom is 0.309 e. The molecule has 4 rings (SSSR count). The van der Waals surface area contributed by atoms with Gasteiger partial charge in [-0.3, -0.25) is 9.59 Å². The summed E-state index contributed by atoms with van der Waals surface area (Å²) in [6.07, 6.45) is 2.10. The number of hydrogen-bond acceptors (Lipinski definition) is 9. The first-order valence-corrected chi connectivity index (χ1v) is 16.5. The molecule has 0 bridgehead atoms. The summed E-state index contributed by atoms with van der Waals surface area (Å²) in [5.41, 5.74) is 3.75. The summed E-state index contributed by atoms with van der Waals surface area (Å²) in [4.78, 5) is 38.9. The highest BCUT2D eigenvalue weighted by Gasteiger charge is 2.28. The first kappa shape index (κ1) is 34.1. The molecule has 1 aliphatic heterocycles. The lowest BCUT2D eigenvalue weighted by molar-refractivity contribution is -0.149. The molecule has 3 aromatic rings. The number of aromatic nitrogens is 2. The van der Waals surface area contributed by atoms with Crippen molar-refractivity contribution in [1.82, 2.24) is 14.9 Å². The Hall–Kier alpha value is -3.79. The molecular weight excluding hydrogens is 588 g/mol. The number of benzene rings is 2. The van der Waals surface area contributed by atoms with E-state index in [4.69, 9.17) is 24.2 Å². The summed E-state index contributed by atoms with van der Waals surface area (Å²) in [5, 5.41) is 0.722. The van der Waals surface area contributed by atoms with Crippen LogP contribution in [0.15, 0.2) is 53.7 Å². The Morgan fingerprint density at radius 1 is 0.956 bits per heavy atom. The lowest BCUT2D eigenvalue weighted by Gasteiger charge is -2.31. The van der Waals surface area contributed by atoms with Gasteiger partial charge in [-0.05, 0) is 61.6 Å². The number of thioether (sulfide) groups is 1. The van der Waals surface area contributed by atoms with E-state index in [2.05, 4.69) is 44.9 Å². The van der Waals surface area contributed by atoms with Crippen LogP contribution in [0, 0.1) is 5.92 Å². The number of nitrogens with zero attached hydrogens (tertiary/aromatic N) is 4. The van der Waals surface area contributed by atoms with Crippen molar-refractivity contribution in [3.8, 4) is 11.5 Å². The van der Waals surface area contributed by atoms with Crippen LogP contribution in [0.4, 0.5) is 5.82 Å². The molecule has 10 heteroatoms. The first-order valence-electron chi connectivity index (χ1n) is 15.5. The highest BCUT2D eigenvalue weighted by atomic mass is 32.2. The minimum absolute atomic E-state index is 0.00140. The molecule has 0 atom stereocenters. The van der Waals surface area contributed by atoms with E-state index in [1.54, 1.807) is 26.0 Å². The predicted octanol–water partition coefficient (Wildman–Crippen LogP) is 6.18. The molecule has 1 amide bonds. The highest BCUT2D eigenvalue weighted by Crippen LogP contribution is 2.30. The molecule has 0 N–H and O–H groups in total. The van der Waals surface area contributed by atoms with Crippen molar-refractivity contribution in [2.45, 2.75) is 63.3 Å². The second-order valence-electron chi connectivity index (χ2n) is 12.3. The highest BCUT2D eigenvalue weighted by molar-refractivity contribution is 7.98. The number of likely N-dealkylation sites (tertiary alicyclic amines) is 1. The van der Waals surface area contributed by atoms with Crippen LogP contribution in [0.2, 0.25) is 0 Å². The van der Waals surface area contributed by atoms with Gasteiger partial charge in [0.25, 0.3) is 5.91 Å². The average Bonchev–Trinajstić information content (AvgIpc) is 3.05. The number of anilines is 1. The van der Waals surface area contributed by atoms with Crippen LogP contribution in [0.3, 0.4) is 0 Å². The van der Waals surface area contributed by atoms with Gasteiger partial charge in [-0.25, -0.2) is 9.97 Å². The normalized spacial score (nSPS) is 13.8. The minimum Gasteiger partial charge on any atom is -0.493 e. The fourth-order valence-electron chi connectivity index (χ4n) is 5.16. The summed E-state index contributed by atoms with van der Waals surface area (Å²) in [5.74, 6) is 2.73. The van der Waals surface area contributed by atoms with E-state index in [-0.39, 0.29) is 23.2 Å². The summed E-state index contributed by atoms with van der Waals surface area (Å²) in [6, 6.07) is 15.8. The molecular formula is C35H46N4O5S. The first-order chi connectivity index (χ1) is 21.5. The van der Waals surface area contributed by atoms with Crippen LogP contribution in [-0.4, -0.2) is 74.3 Å². The van der Waals surface area contributed by atoms with Crippen LogP contribution in [0.25, 0.3) is 0 Å². The van der Waals surface area contributed by atoms with Crippen LogP contribution < -0.4 is 14.4 Å². The SMILES string of the molecule is CCOC(=O)C1CCN(C(=O)c2ccc(CSc3nc(N(C)CCc4ccc(OC)c(OC)c4)cc(C(C)(C)C)n3)cc2)CC1. The summed E-state index contributed by atoms with van der Waals surface area (Å²) >= 11 is 1.59. The monoisotopic (exact) mass is 634 g/mol. The van der Waals surface area contributed by atoms with E-state index in [1.165, 1.54) is 0 Å². The van der Waals surface area contributed by atoms with Crippen molar-refractivity contribution in [2.75, 3.05) is 52.4 Å². The number of piperidine rings is 1. The molecule has 0 spiro atoms. The Balaban J connectivity index is 1.38. The molecule has 2 heterocycles. The van der Waals surface area contributed by atoms with Gasteiger partial charge in [0.2, 0.25) is 0 Å². The smallest absolute Gasteiger partial charge is 0.309 e. The van der Waals surface area contributed by atoms with Crippen LogP contribution in [-0.2, 0) is 27.1 Å². The number of amides is 1. The molecule has 9 nitrogen and oxygen atoms in total. The fourth-order valence-corrected chi connectivity index (χ4v) is 5.97. The van der Waals surface area contributed by atoms with Gasteiger partial charge < -0.3 is 24.0 Å². The van der Waals surface area contributed by atoms with Crippen molar-refractivity contribution < 1.29 is 23.8 Å². The van der Waals surface area contributed by atoms with Gasteiger partial charge in [-0.15, -0.1) is 0 Å². The number of esters is 1. The molecule has 0 aliphatic carbocycles. The van der Waals surface area contributed by atoms with E-state index in [9.17, 15) is 9.59 Å². The number of rotatable bonds is 12. The van der Waals surface area contributed by atoms with Crippen LogP contribution in [0.5, 0.6) is 11.5 Å². The number of methoxy groups -OCH3 is 2. The number of hydrogen-bond donors (Lipinski definition) is 0. The minimum atomic E-state index is -0.156. The van der Waals surface area contributed by atoms with Gasteiger partial charge in [0, 0.05) is 49.5 Å². The fraction of sp³-hybridized carbons (Fsp3) is 0.486. The molecule has 242 valence electrons. The van der Waals surface area contributed by atoms with E-state index in [1.807, 2.05) is 48.2 Å². The molecule has 0 saturated carbocycles. The second-order valence-corrected chi connectivity index (χ2v) is 13.3. The molecule has 0 radical (unpaired) electrons. The standard InChI is InChI=1S/C35H46N4O5S/c1-8-44-33(41)27-16-19-39(20-17-27)32(40)26-12-9-25(10-13-26)23-45-34-36-30(35(2,3)4)22-31(37-34)38(5)18-15-24-11-14-28(42-6)29(21-24)43-7/h9-14,21-22,27H,8,15-20,23H2,1-7H3. The van der Waals surface area contributed by atoms with E-state index >= 15 is 0 Å². The molecule has 45 heavy (non-hydrogen) atoms. The quantitative estimate of drug-likeness (QED) is 0.132. The third-order valence-electron chi connectivity index (χ3n) is 8.01. The summed E-state index contributed by atoms with van der Waals surface area (Å²) in [6.45, 7) is 10.6. The predicted molar refractivity (Wildman–Crippen MR) is 179 cm³/mol. The Kier molecular flexibility index (Phi) is 11.7. The molecule has 1 saturated heterocycles. The summed E-state index contributed by atoms with van der Waals surface area (Å²) < 4.78 is 16.0. The number of ether oxygens (including phenoxy) is 3. The number of carbonyl (C=O) groups is 2. The Morgan fingerprint density at radius 2 is 1.62 bits per heavy atom. The van der Waals surface area contributed by atoms with Crippen molar-refractivity contribution >= 4 is 29.5 Å². The van der Waals surface area contributed by atoms with Crippen LogP contribution in [0.1, 0.15) is 67.7 Å². The van der Waals surface area contributed by atoms with Gasteiger partial charge in [0.15, 0.2) is 16.7 Å². The third kappa shape index (κ3) is 9.12. The van der Waals surface area contributed by atoms with Gasteiger partial charge in [-0.1, -0.05) is 50.7 Å². The molecule has 1 aromatic heterocycles. The zero-order chi connectivity index (χ0) is 32.6. The van der Waals surface area contributed by atoms with Gasteiger partial charge in [0.05, 0.1) is 32.4 Å². The van der Waals surface area contributed by atoms with Crippen molar-refractivity contribution in [3.05, 3.63) is 70.9 Å². The molecule has 1 aliphatic rings. The van der Waals surface area contributed by atoms with Crippen molar-refractivity contribution in [3.63, 3.8) is 0 Å². The maximum atomic E-state index is 13.1. The zero-order valence-corrected chi connectivity index (χ0v) is 28.4. The topological polar surface area (TPSA) is 94.1 Å². The Morgan fingerprint density at radius 3 is 2.24 bits per heavy atom. The lowest BCUT2D eigenvalue weighted by Crippen LogP contribution is -2.40. The van der Waals surface area contributed by atoms with E-state index in [0.29, 0.717) is 43.9 Å². The number of carbonyl (C=O) groups excluding carboxylic acids is 2. The molecule has 0 unspecified atom stereocenters. The molecule has 1 fully saturated rings. The average molecular weight is 635 g/mol. The second kappa shape index (κ2) is 15.5. The van der Waals surface area contributed by atoms with Gasteiger partial charge in [0.1, 0.15) is 5.82 Å². The lowest BCUT2D eigenvalue weighted by atomic mass is 9.92. The van der Waals surface area contributed by atoms with Gasteiger partial charge >= 0.3 is 5.97 Å². The summed E-state index contributed by atoms with van der Waals surface area (Å²) in [7, 11) is 5.34.